The molecule has 3 aromatic rings. The van der Waals surface area contributed by atoms with Gasteiger partial charge in [-0.3, -0.25) is 4.40 Å². The summed E-state index contributed by atoms with van der Waals surface area (Å²) in [4.78, 5) is 5.69. The molecule has 0 bridgehead atoms. The summed E-state index contributed by atoms with van der Waals surface area (Å²) in [5.74, 6) is 0. The summed E-state index contributed by atoms with van der Waals surface area (Å²) >= 11 is 5.21. The first-order valence-corrected chi connectivity index (χ1v) is 8.15. The van der Waals surface area contributed by atoms with Crippen LogP contribution in [0.3, 0.4) is 0 Å². The Morgan fingerprint density at radius 1 is 1.30 bits per heavy atom. The van der Waals surface area contributed by atoms with Gasteiger partial charge in [0.05, 0.1) is 17.9 Å². The lowest BCUT2D eigenvalue weighted by Crippen LogP contribution is -2.05. The zero-order valence-corrected chi connectivity index (χ0v) is 14.1. The lowest BCUT2D eigenvalue weighted by Gasteiger charge is -2.10. The van der Waals surface area contributed by atoms with E-state index in [2.05, 4.69) is 75.0 Å². The predicted molar refractivity (Wildman–Crippen MR) is 88.7 cm³/mol. The van der Waals surface area contributed by atoms with Crippen molar-refractivity contribution in [2.75, 3.05) is 5.32 Å². The largest absolute Gasteiger partial charge is 0.379 e. The van der Waals surface area contributed by atoms with Crippen LogP contribution in [-0.2, 0) is 6.54 Å². The number of thiazole rings is 1. The van der Waals surface area contributed by atoms with Crippen LogP contribution in [0.4, 0.5) is 5.69 Å². The summed E-state index contributed by atoms with van der Waals surface area (Å²) in [5, 5.41) is 5.67. The molecular weight excluding hydrogens is 334 g/mol. The van der Waals surface area contributed by atoms with Crippen LogP contribution in [0.2, 0.25) is 0 Å². The van der Waals surface area contributed by atoms with Gasteiger partial charge in [0.2, 0.25) is 0 Å². The number of aryl methyl sites for hydroxylation is 3. The molecule has 0 fully saturated rings. The van der Waals surface area contributed by atoms with Gasteiger partial charge in [-0.2, -0.15) is 0 Å². The van der Waals surface area contributed by atoms with Gasteiger partial charge in [-0.25, -0.2) is 4.98 Å². The van der Waals surface area contributed by atoms with Gasteiger partial charge in [0.15, 0.2) is 4.96 Å². The number of nitrogens with zero attached hydrogens (tertiary/aromatic N) is 2. The maximum Gasteiger partial charge on any atom is 0.194 e. The molecular formula is C15H16BrN3S. The van der Waals surface area contributed by atoms with E-state index in [1.54, 1.807) is 11.3 Å². The van der Waals surface area contributed by atoms with Crippen LogP contribution < -0.4 is 5.32 Å². The molecule has 3 nitrogen and oxygen atoms in total. The maximum absolute atomic E-state index is 4.62. The summed E-state index contributed by atoms with van der Waals surface area (Å²) < 4.78 is 3.33. The summed E-state index contributed by atoms with van der Waals surface area (Å²) in [6.07, 6.45) is 0. The summed E-state index contributed by atoms with van der Waals surface area (Å²) in [6.45, 7) is 7.09. The Hall–Kier alpha value is -1.33. The van der Waals surface area contributed by atoms with Crippen LogP contribution in [-0.4, -0.2) is 9.38 Å². The van der Waals surface area contributed by atoms with Gasteiger partial charge in [-0.05, 0) is 38.5 Å². The Labute approximate surface area is 130 Å². The topological polar surface area (TPSA) is 29.3 Å². The maximum atomic E-state index is 4.62. The summed E-state index contributed by atoms with van der Waals surface area (Å²) in [6, 6.07) is 6.29. The van der Waals surface area contributed by atoms with E-state index in [1.807, 2.05) is 0 Å². The van der Waals surface area contributed by atoms with E-state index in [0.717, 1.165) is 27.4 Å². The third kappa shape index (κ3) is 2.36. The second kappa shape index (κ2) is 5.22. The molecule has 5 heteroatoms. The molecule has 1 aromatic carbocycles. The molecule has 0 amide bonds. The second-order valence-corrected chi connectivity index (χ2v) is 6.70. The number of benzene rings is 1. The molecule has 0 aliphatic carbocycles. The van der Waals surface area contributed by atoms with E-state index in [4.69, 9.17) is 0 Å². The minimum atomic E-state index is 0.780. The zero-order chi connectivity index (χ0) is 14.3. The van der Waals surface area contributed by atoms with Crippen molar-refractivity contribution in [2.45, 2.75) is 27.3 Å². The number of imidazole rings is 1. The van der Waals surface area contributed by atoms with E-state index in [-0.39, 0.29) is 0 Å². The van der Waals surface area contributed by atoms with E-state index >= 15 is 0 Å². The zero-order valence-electron chi connectivity index (χ0n) is 11.7. The first-order chi connectivity index (χ1) is 9.56. The van der Waals surface area contributed by atoms with Crippen molar-refractivity contribution >= 4 is 37.9 Å². The van der Waals surface area contributed by atoms with Crippen molar-refractivity contribution in [3.63, 3.8) is 0 Å². The Kier molecular flexibility index (Phi) is 3.56. The molecule has 0 saturated carbocycles. The average Bonchev–Trinajstić information content (AvgIpc) is 2.91. The van der Waals surface area contributed by atoms with Crippen LogP contribution in [0.5, 0.6) is 0 Å². The van der Waals surface area contributed by atoms with Crippen molar-refractivity contribution in [1.82, 2.24) is 9.38 Å². The van der Waals surface area contributed by atoms with Crippen LogP contribution in [0, 0.1) is 20.8 Å². The van der Waals surface area contributed by atoms with E-state index < -0.39 is 0 Å². The van der Waals surface area contributed by atoms with Gasteiger partial charge in [0.25, 0.3) is 0 Å². The molecule has 0 spiro atoms. The molecule has 20 heavy (non-hydrogen) atoms. The van der Waals surface area contributed by atoms with Crippen LogP contribution in [0.1, 0.15) is 22.6 Å². The molecule has 0 aliphatic rings. The van der Waals surface area contributed by atoms with E-state index in [0.29, 0.717) is 0 Å². The molecule has 0 aliphatic heterocycles. The Morgan fingerprint density at radius 2 is 2.10 bits per heavy atom. The van der Waals surface area contributed by atoms with Crippen molar-refractivity contribution in [1.29, 1.82) is 0 Å². The van der Waals surface area contributed by atoms with Crippen LogP contribution in [0.15, 0.2) is 28.1 Å². The Morgan fingerprint density at radius 3 is 2.90 bits per heavy atom. The third-order valence-corrected chi connectivity index (χ3v) is 4.91. The highest BCUT2D eigenvalue weighted by Gasteiger charge is 2.12. The lowest BCUT2D eigenvalue weighted by molar-refractivity contribution is 0.964. The quantitative estimate of drug-likeness (QED) is 0.742. The molecule has 0 saturated heterocycles. The first kappa shape index (κ1) is 13.6. The molecule has 0 radical (unpaired) electrons. The number of hydrogen-bond donors (Lipinski definition) is 1. The predicted octanol–water partition coefficient (Wildman–Crippen LogP) is 4.70. The fourth-order valence-corrected chi connectivity index (χ4v) is 3.63. The number of hydrogen-bond acceptors (Lipinski definition) is 3. The lowest BCUT2D eigenvalue weighted by atomic mass is 10.2. The number of halogens is 1. The molecule has 1 N–H and O–H groups in total. The standard InChI is InChI=1S/C15H16BrN3S/c1-9-4-5-12(16)6-13(9)17-7-14-11(3)18-15-19(14)10(2)8-20-15/h4-6,8,17H,7H2,1-3H3. The van der Waals surface area contributed by atoms with E-state index in [9.17, 15) is 0 Å². The first-order valence-electron chi connectivity index (χ1n) is 6.48. The van der Waals surface area contributed by atoms with Gasteiger partial charge in [0.1, 0.15) is 0 Å². The smallest absolute Gasteiger partial charge is 0.194 e. The highest BCUT2D eigenvalue weighted by atomic mass is 79.9. The SMILES string of the molecule is Cc1ccc(Br)cc1NCc1c(C)nc2scc(C)n12. The van der Waals surface area contributed by atoms with E-state index in [1.165, 1.54) is 17.0 Å². The highest BCUT2D eigenvalue weighted by molar-refractivity contribution is 9.10. The normalized spacial score (nSPS) is 11.2. The molecule has 2 heterocycles. The fourth-order valence-electron chi connectivity index (χ4n) is 2.34. The van der Waals surface area contributed by atoms with Crippen molar-refractivity contribution in [3.8, 4) is 0 Å². The average molecular weight is 350 g/mol. The van der Waals surface area contributed by atoms with Gasteiger partial charge >= 0.3 is 0 Å². The molecule has 104 valence electrons. The van der Waals surface area contributed by atoms with Gasteiger partial charge in [-0.15, -0.1) is 11.3 Å². The van der Waals surface area contributed by atoms with Crippen LogP contribution >= 0.6 is 27.3 Å². The number of nitrogens with one attached hydrogen (secondary N) is 1. The monoisotopic (exact) mass is 349 g/mol. The highest BCUT2D eigenvalue weighted by Crippen LogP contribution is 2.24. The molecule has 0 atom stereocenters. The van der Waals surface area contributed by atoms with Crippen molar-refractivity contribution in [3.05, 3.63) is 50.7 Å². The number of rotatable bonds is 3. The van der Waals surface area contributed by atoms with Gasteiger partial charge in [-0.1, -0.05) is 22.0 Å². The van der Waals surface area contributed by atoms with Gasteiger partial charge in [0, 0.05) is 21.2 Å². The molecule has 3 rings (SSSR count). The van der Waals surface area contributed by atoms with Crippen molar-refractivity contribution < 1.29 is 0 Å². The third-order valence-electron chi connectivity index (χ3n) is 3.48. The Balaban J connectivity index is 1.92. The number of aromatic nitrogens is 2. The number of fused-ring (bicyclic) bond motifs is 1. The molecule has 2 aromatic heterocycles. The Bertz CT molecular complexity index is 773. The second-order valence-electron chi connectivity index (χ2n) is 4.95. The number of anilines is 1. The fraction of sp³-hybridized carbons (Fsp3) is 0.267. The van der Waals surface area contributed by atoms with Crippen LogP contribution in [0.25, 0.3) is 4.96 Å². The minimum absolute atomic E-state index is 0.780. The minimum Gasteiger partial charge on any atom is -0.379 e. The molecule has 0 unspecified atom stereocenters. The van der Waals surface area contributed by atoms with Gasteiger partial charge < -0.3 is 5.32 Å². The van der Waals surface area contributed by atoms with Crippen molar-refractivity contribution in [2.24, 2.45) is 0 Å². The summed E-state index contributed by atoms with van der Waals surface area (Å²) in [7, 11) is 0. The summed E-state index contributed by atoms with van der Waals surface area (Å²) in [5.41, 5.74) is 5.97.